The molecule has 1 atom stereocenters. The minimum Gasteiger partial charge on any atom is -0.396 e. The molecule has 0 fully saturated rings. The fourth-order valence-electron chi connectivity index (χ4n) is 1.12. The number of anilines is 1. The minimum atomic E-state index is -0.339. The predicted molar refractivity (Wildman–Crippen MR) is 57.4 cm³/mol. The molecule has 1 unspecified atom stereocenters. The second kappa shape index (κ2) is 4.96. The fourth-order valence-corrected chi connectivity index (χ4v) is 1.12. The van der Waals surface area contributed by atoms with Crippen LogP contribution in [-0.2, 0) is 6.54 Å². The van der Waals surface area contributed by atoms with Gasteiger partial charge in [-0.05, 0) is 31.0 Å². The third-order valence-corrected chi connectivity index (χ3v) is 2.33. The van der Waals surface area contributed by atoms with Gasteiger partial charge in [-0.1, -0.05) is 13.0 Å². The van der Waals surface area contributed by atoms with Gasteiger partial charge in [-0.15, -0.1) is 0 Å². The second-order valence-electron chi connectivity index (χ2n) is 3.55. The van der Waals surface area contributed by atoms with E-state index in [1.807, 2.05) is 6.07 Å². The van der Waals surface area contributed by atoms with Crippen LogP contribution in [-0.4, -0.2) is 6.04 Å². The Morgan fingerprint density at radius 2 is 2.21 bits per heavy atom. The SMILES string of the molecule is CCC(C)NCc1ccc(N)c(F)c1. The number of rotatable bonds is 4. The molecule has 1 aromatic rings. The molecular formula is C11H17FN2. The highest BCUT2D eigenvalue weighted by molar-refractivity contribution is 5.41. The van der Waals surface area contributed by atoms with Gasteiger partial charge in [0.2, 0.25) is 0 Å². The molecule has 0 heterocycles. The monoisotopic (exact) mass is 196 g/mol. The van der Waals surface area contributed by atoms with E-state index in [-0.39, 0.29) is 11.5 Å². The molecule has 3 heteroatoms. The van der Waals surface area contributed by atoms with Gasteiger partial charge in [-0.25, -0.2) is 4.39 Å². The van der Waals surface area contributed by atoms with Gasteiger partial charge in [0.05, 0.1) is 5.69 Å². The number of nitrogen functional groups attached to an aromatic ring is 1. The first kappa shape index (κ1) is 11.0. The number of hydrogen-bond donors (Lipinski definition) is 2. The zero-order valence-corrected chi connectivity index (χ0v) is 8.68. The van der Waals surface area contributed by atoms with Crippen molar-refractivity contribution in [2.24, 2.45) is 0 Å². The van der Waals surface area contributed by atoms with Gasteiger partial charge >= 0.3 is 0 Å². The Morgan fingerprint density at radius 3 is 2.79 bits per heavy atom. The van der Waals surface area contributed by atoms with Crippen LogP contribution in [0.1, 0.15) is 25.8 Å². The predicted octanol–water partition coefficient (Wildman–Crippen LogP) is 2.30. The van der Waals surface area contributed by atoms with Crippen molar-refractivity contribution < 1.29 is 4.39 Å². The number of benzene rings is 1. The van der Waals surface area contributed by atoms with Crippen LogP contribution in [0.3, 0.4) is 0 Å². The first-order valence-corrected chi connectivity index (χ1v) is 4.90. The van der Waals surface area contributed by atoms with E-state index in [2.05, 4.69) is 19.2 Å². The molecule has 0 aliphatic heterocycles. The largest absolute Gasteiger partial charge is 0.396 e. The number of nitrogens with one attached hydrogen (secondary N) is 1. The van der Waals surface area contributed by atoms with E-state index in [9.17, 15) is 4.39 Å². The molecule has 1 rings (SSSR count). The summed E-state index contributed by atoms with van der Waals surface area (Å²) in [6.45, 7) is 4.90. The molecule has 1 aromatic carbocycles. The molecule has 0 saturated heterocycles. The van der Waals surface area contributed by atoms with Crippen molar-refractivity contribution in [3.8, 4) is 0 Å². The van der Waals surface area contributed by atoms with Crippen LogP contribution in [0.15, 0.2) is 18.2 Å². The van der Waals surface area contributed by atoms with E-state index in [0.717, 1.165) is 12.0 Å². The van der Waals surface area contributed by atoms with Gasteiger partial charge in [0.25, 0.3) is 0 Å². The molecule has 0 aromatic heterocycles. The van der Waals surface area contributed by atoms with Crippen molar-refractivity contribution in [3.05, 3.63) is 29.6 Å². The van der Waals surface area contributed by atoms with E-state index >= 15 is 0 Å². The Morgan fingerprint density at radius 1 is 1.50 bits per heavy atom. The number of nitrogens with two attached hydrogens (primary N) is 1. The summed E-state index contributed by atoms with van der Waals surface area (Å²) in [6.07, 6.45) is 1.07. The highest BCUT2D eigenvalue weighted by Crippen LogP contribution is 2.11. The van der Waals surface area contributed by atoms with Crippen molar-refractivity contribution in [2.45, 2.75) is 32.9 Å². The van der Waals surface area contributed by atoms with Crippen molar-refractivity contribution >= 4 is 5.69 Å². The average molecular weight is 196 g/mol. The van der Waals surface area contributed by atoms with E-state index in [1.165, 1.54) is 6.07 Å². The lowest BCUT2D eigenvalue weighted by Crippen LogP contribution is -2.24. The lowest BCUT2D eigenvalue weighted by Gasteiger charge is -2.11. The van der Waals surface area contributed by atoms with E-state index in [1.54, 1.807) is 6.07 Å². The molecule has 0 aliphatic carbocycles. The maximum Gasteiger partial charge on any atom is 0.146 e. The van der Waals surface area contributed by atoms with Crippen molar-refractivity contribution in [1.29, 1.82) is 0 Å². The Labute approximate surface area is 84.3 Å². The zero-order chi connectivity index (χ0) is 10.6. The number of hydrogen-bond acceptors (Lipinski definition) is 2. The minimum absolute atomic E-state index is 0.206. The standard InChI is InChI=1S/C11H17FN2/c1-3-8(2)14-7-9-4-5-11(13)10(12)6-9/h4-6,8,14H,3,7,13H2,1-2H3. The smallest absolute Gasteiger partial charge is 0.146 e. The first-order chi connectivity index (χ1) is 6.63. The Hall–Kier alpha value is -1.09. The summed E-state index contributed by atoms with van der Waals surface area (Å²) in [7, 11) is 0. The molecule has 0 saturated carbocycles. The maximum absolute atomic E-state index is 13.0. The molecule has 14 heavy (non-hydrogen) atoms. The van der Waals surface area contributed by atoms with E-state index in [0.29, 0.717) is 12.6 Å². The van der Waals surface area contributed by atoms with Crippen molar-refractivity contribution in [2.75, 3.05) is 5.73 Å². The molecule has 3 N–H and O–H groups in total. The van der Waals surface area contributed by atoms with Gasteiger partial charge in [0.15, 0.2) is 0 Å². The Kier molecular flexibility index (Phi) is 3.89. The highest BCUT2D eigenvalue weighted by Gasteiger charge is 2.01. The number of halogens is 1. The quantitative estimate of drug-likeness (QED) is 0.725. The van der Waals surface area contributed by atoms with Crippen LogP contribution in [0.25, 0.3) is 0 Å². The van der Waals surface area contributed by atoms with Crippen LogP contribution in [0, 0.1) is 5.82 Å². The molecule has 0 radical (unpaired) electrons. The maximum atomic E-state index is 13.0. The molecule has 0 bridgehead atoms. The Balaban J connectivity index is 2.55. The summed E-state index contributed by atoms with van der Waals surface area (Å²) in [5.74, 6) is -0.339. The molecule has 0 aliphatic rings. The molecule has 0 spiro atoms. The lowest BCUT2D eigenvalue weighted by atomic mass is 10.2. The fraction of sp³-hybridized carbons (Fsp3) is 0.455. The summed E-state index contributed by atoms with van der Waals surface area (Å²) in [5.41, 5.74) is 6.51. The molecular weight excluding hydrogens is 179 g/mol. The van der Waals surface area contributed by atoms with Gasteiger partial charge in [0.1, 0.15) is 5.82 Å². The molecule has 0 amide bonds. The van der Waals surface area contributed by atoms with Gasteiger partial charge in [0, 0.05) is 12.6 Å². The summed E-state index contributed by atoms with van der Waals surface area (Å²) in [4.78, 5) is 0. The molecule has 78 valence electrons. The van der Waals surface area contributed by atoms with Crippen LogP contribution in [0.5, 0.6) is 0 Å². The van der Waals surface area contributed by atoms with Crippen molar-refractivity contribution in [1.82, 2.24) is 5.32 Å². The van der Waals surface area contributed by atoms with Gasteiger partial charge < -0.3 is 11.1 Å². The highest BCUT2D eigenvalue weighted by atomic mass is 19.1. The van der Waals surface area contributed by atoms with Crippen LogP contribution in [0.4, 0.5) is 10.1 Å². The summed E-state index contributed by atoms with van der Waals surface area (Å²) >= 11 is 0. The van der Waals surface area contributed by atoms with Crippen LogP contribution in [0.2, 0.25) is 0 Å². The Bertz CT molecular complexity index is 299. The van der Waals surface area contributed by atoms with Crippen LogP contribution < -0.4 is 11.1 Å². The third-order valence-electron chi connectivity index (χ3n) is 2.33. The van der Waals surface area contributed by atoms with E-state index in [4.69, 9.17) is 5.73 Å². The van der Waals surface area contributed by atoms with Gasteiger partial charge in [-0.3, -0.25) is 0 Å². The second-order valence-corrected chi connectivity index (χ2v) is 3.55. The summed E-state index contributed by atoms with van der Waals surface area (Å²) in [5, 5.41) is 3.29. The third kappa shape index (κ3) is 3.00. The normalized spacial score (nSPS) is 12.8. The summed E-state index contributed by atoms with van der Waals surface area (Å²) < 4.78 is 13.0. The average Bonchev–Trinajstić information content (AvgIpc) is 2.19. The van der Waals surface area contributed by atoms with Gasteiger partial charge in [-0.2, -0.15) is 0 Å². The molecule has 2 nitrogen and oxygen atoms in total. The topological polar surface area (TPSA) is 38.0 Å². The van der Waals surface area contributed by atoms with Crippen LogP contribution >= 0.6 is 0 Å². The summed E-state index contributed by atoms with van der Waals surface area (Å²) in [6, 6.07) is 5.37. The van der Waals surface area contributed by atoms with E-state index < -0.39 is 0 Å². The zero-order valence-electron chi connectivity index (χ0n) is 8.68. The lowest BCUT2D eigenvalue weighted by molar-refractivity contribution is 0.532. The first-order valence-electron chi connectivity index (χ1n) is 4.90. The van der Waals surface area contributed by atoms with Crippen molar-refractivity contribution in [3.63, 3.8) is 0 Å².